The molecule has 1 N–H and O–H groups in total. The molecule has 0 bridgehead atoms. The number of aliphatic hydroxyl groups is 1. The number of nitrogens with zero attached hydrogens (tertiary/aromatic N) is 3. The van der Waals surface area contributed by atoms with Gasteiger partial charge in [0.15, 0.2) is 0 Å². The molecule has 3 rings (SSSR count). The maximum absolute atomic E-state index is 12.9. The molecule has 110 valence electrons. The number of hydrogen-bond acceptors (Lipinski definition) is 5. The van der Waals surface area contributed by atoms with E-state index in [1.54, 1.807) is 24.4 Å². The lowest BCUT2D eigenvalue weighted by Gasteiger charge is -2.21. The third-order valence-corrected chi connectivity index (χ3v) is 3.24. The smallest absolute Gasteiger partial charge is 0.228 e. The van der Waals surface area contributed by atoms with Gasteiger partial charge in [-0.1, -0.05) is 0 Å². The van der Waals surface area contributed by atoms with E-state index in [0.29, 0.717) is 30.2 Å². The van der Waals surface area contributed by atoms with Gasteiger partial charge in [-0.2, -0.15) is 4.98 Å². The van der Waals surface area contributed by atoms with Crippen molar-refractivity contribution in [1.82, 2.24) is 9.97 Å². The molecule has 0 amide bonds. The highest BCUT2D eigenvalue weighted by Gasteiger charge is 2.30. The average Bonchev–Trinajstić information content (AvgIpc) is 3.32. The monoisotopic (exact) mass is 289 g/mol. The van der Waals surface area contributed by atoms with E-state index in [9.17, 15) is 4.39 Å². The summed E-state index contributed by atoms with van der Waals surface area (Å²) in [6, 6.07) is 7.81. The number of benzene rings is 1. The summed E-state index contributed by atoms with van der Waals surface area (Å²) in [5, 5.41) is 9.14. The zero-order valence-electron chi connectivity index (χ0n) is 11.4. The van der Waals surface area contributed by atoms with Gasteiger partial charge in [0.05, 0.1) is 6.61 Å². The van der Waals surface area contributed by atoms with Crippen molar-refractivity contribution in [2.75, 3.05) is 18.1 Å². The van der Waals surface area contributed by atoms with E-state index in [0.717, 1.165) is 12.8 Å². The van der Waals surface area contributed by atoms with Crippen molar-refractivity contribution >= 4 is 5.95 Å². The summed E-state index contributed by atoms with van der Waals surface area (Å²) in [5.41, 5.74) is 0. The lowest BCUT2D eigenvalue weighted by atomic mass is 10.3. The predicted octanol–water partition coefficient (Wildman–Crippen LogP) is 2.37. The van der Waals surface area contributed by atoms with Crippen molar-refractivity contribution in [3.63, 3.8) is 0 Å². The normalized spacial score (nSPS) is 14.0. The first kappa shape index (κ1) is 13.8. The van der Waals surface area contributed by atoms with Crippen LogP contribution >= 0.6 is 0 Å². The van der Waals surface area contributed by atoms with Crippen LogP contribution in [0.2, 0.25) is 0 Å². The molecule has 0 spiro atoms. The molecule has 1 fully saturated rings. The fraction of sp³-hybridized carbons (Fsp3) is 0.333. The summed E-state index contributed by atoms with van der Waals surface area (Å²) in [6.45, 7) is 0.563. The molecule has 0 aliphatic heterocycles. The average molecular weight is 289 g/mol. The predicted molar refractivity (Wildman–Crippen MR) is 76.0 cm³/mol. The van der Waals surface area contributed by atoms with Gasteiger partial charge in [-0.15, -0.1) is 0 Å². The molecule has 1 aliphatic rings. The zero-order chi connectivity index (χ0) is 14.7. The minimum atomic E-state index is -0.311. The maximum atomic E-state index is 12.9. The van der Waals surface area contributed by atoms with Gasteiger partial charge in [0.2, 0.25) is 11.8 Å². The number of aliphatic hydroxyl groups excluding tert-OH is 1. The fourth-order valence-electron chi connectivity index (χ4n) is 2.09. The Hall–Kier alpha value is -2.21. The molecule has 0 atom stereocenters. The number of hydrogen-bond donors (Lipinski definition) is 1. The Balaban J connectivity index is 1.77. The molecule has 2 aromatic rings. The topological polar surface area (TPSA) is 58.5 Å². The van der Waals surface area contributed by atoms with Gasteiger partial charge >= 0.3 is 0 Å². The molecule has 1 heterocycles. The Labute approximate surface area is 122 Å². The Bertz CT molecular complexity index is 602. The van der Waals surface area contributed by atoms with Crippen LogP contribution < -0.4 is 9.64 Å². The highest BCUT2D eigenvalue weighted by atomic mass is 19.1. The molecule has 1 aromatic carbocycles. The zero-order valence-corrected chi connectivity index (χ0v) is 11.4. The van der Waals surface area contributed by atoms with E-state index in [-0.39, 0.29) is 12.4 Å². The van der Waals surface area contributed by atoms with Gasteiger partial charge in [-0.25, -0.2) is 9.37 Å². The van der Waals surface area contributed by atoms with Gasteiger partial charge in [0.1, 0.15) is 11.6 Å². The van der Waals surface area contributed by atoms with Crippen LogP contribution in [0.25, 0.3) is 0 Å². The lowest BCUT2D eigenvalue weighted by Crippen LogP contribution is -2.30. The van der Waals surface area contributed by atoms with E-state index in [1.807, 2.05) is 4.90 Å². The molecule has 21 heavy (non-hydrogen) atoms. The minimum Gasteiger partial charge on any atom is -0.439 e. The first-order chi connectivity index (χ1) is 10.3. The molecule has 0 unspecified atom stereocenters. The summed E-state index contributed by atoms with van der Waals surface area (Å²) in [7, 11) is 0. The standard InChI is InChI=1S/C15H16FN3O2/c16-11-1-5-13(6-2-11)21-14-7-8-17-15(18-14)19(9-10-20)12-3-4-12/h1-2,5-8,12,20H,3-4,9-10H2. The van der Waals surface area contributed by atoms with Crippen LogP contribution in [0.15, 0.2) is 36.5 Å². The molecule has 1 aromatic heterocycles. The highest BCUT2D eigenvalue weighted by molar-refractivity contribution is 5.37. The van der Waals surface area contributed by atoms with E-state index < -0.39 is 0 Å². The van der Waals surface area contributed by atoms with Crippen molar-refractivity contribution in [2.45, 2.75) is 18.9 Å². The Morgan fingerprint density at radius 1 is 1.24 bits per heavy atom. The summed E-state index contributed by atoms with van der Waals surface area (Å²) in [6.07, 6.45) is 3.80. The van der Waals surface area contributed by atoms with Crippen LogP contribution in [0.3, 0.4) is 0 Å². The second kappa shape index (κ2) is 6.05. The van der Waals surface area contributed by atoms with E-state index >= 15 is 0 Å². The van der Waals surface area contributed by atoms with Gasteiger partial charge in [0, 0.05) is 24.8 Å². The third kappa shape index (κ3) is 3.46. The van der Waals surface area contributed by atoms with Crippen LogP contribution in [-0.4, -0.2) is 34.3 Å². The molecular formula is C15H16FN3O2. The summed E-state index contributed by atoms with van der Waals surface area (Å²) in [5.74, 6) is 1.15. The second-order valence-electron chi connectivity index (χ2n) is 4.90. The van der Waals surface area contributed by atoms with Crippen LogP contribution in [0.5, 0.6) is 11.6 Å². The Morgan fingerprint density at radius 3 is 2.67 bits per heavy atom. The summed E-state index contributed by atoms with van der Waals surface area (Å²) in [4.78, 5) is 10.6. The molecule has 0 radical (unpaired) electrons. The fourth-order valence-corrected chi connectivity index (χ4v) is 2.09. The number of halogens is 1. The Kier molecular flexibility index (Phi) is 3.96. The van der Waals surface area contributed by atoms with Crippen LogP contribution in [-0.2, 0) is 0 Å². The van der Waals surface area contributed by atoms with Gasteiger partial charge in [0.25, 0.3) is 0 Å². The number of ether oxygens (including phenoxy) is 1. The van der Waals surface area contributed by atoms with Gasteiger partial charge in [-0.3, -0.25) is 0 Å². The SMILES string of the molecule is OCCN(c1nccc(Oc2ccc(F)cc2)n1)C1CC1. The molecule has 1 saturated carbocycles. The van der Waals surface area contributed by atoms with Crippen LogP contribution in [0.4, 0.5) is 10.3 Å². The molecule has 1 aliphatic carbocycles. The van der Waals surface area contributed by atoms with Crippen molar-refractivity contribution in [3.05, 3.63) is 42.3 Å². The summed E-state index contributed by atoms with van der Waals surface area (Å²) < 4.78 is 18.5. The second-order valence-corrected chi connectivity index (χ2v) is 4.90. The first-order valence-electron chi connectivity index (χ1n) is 6.90. The van der Waals surface area contributed by atoms with Crippen molar-refractivity contribution < 1.29 is 14.2 Å². The third-order valence-electron chi connectivity index (χ3n) is 3.24. The number of rotatable bonds is 6. The quantitative estimate of drug-likeness (QED) is 0.884. The van der Waals surface area contributed by atoms with Crippen molar-refractivity contribution in [1.29, 1.82) is 0 Å². The lowest BCUT2D eigenvalue weighted by molar-refractivity contribution is 0.300. The highest BCUT2D eigenvalue weighted by Crippen LogP contribution is 2.30. The van der Waals surface area contributed by atoms with Crippen LogP contribution in [0, 0.1) is 5.82 Å². The van der Waals surface area contributed by atoms with Crippen molar-refractivity contribution in [2.24, 2.45) is 0 Å². The van der Waals surface area contributed by atoms with Crippen molar-refractivity contribution in [3.8, 4) is 11.6 Å². The van der Waals surface area contributed by atoms with Gasteiger partial charge < -0.3 is 14.7 Å². The van der Waals surface area contributed by atoms with E-state index in [1.165, 1.54) is 12.1 Å². The van der Waals surface area contributed by atoms with E-state index in [4.69, 9.17) is 9.84 Å². The molecule has 5 nitrogen and oxygen atoms in total. The molecule has 0 saturated heterocycles. The number of aromatic nitrogens is 2. The molecule has 6 heteroatoms. The maximum Gasteiger partial charge on any atom is 0.228 e. The molecular weight excluding hydrogens is 273 g/mol. The Morgan fingerprint density at radius 2 is 2.00 bits per heavy atom. The van der Waals surface area contributed by atoms with Crippen LogP contribution in [0.1, 0.15) is 12.8 Å². The first-order valence-corrected chi connectivity index (χ1v) is 6.90. The van der Waals surface area contributed by atoms with Gasteiger partial charge in [-0.05, 0) is 37.1 Å². The largest absolute Gasteiger partial charge is 0.439 e. The number of anilines is 1. The summed E-state index contributed by atoms with van der Waals surface area (Å²) >= 11 is 0. The minimum absolute atomic E-state index is 0.0584. The van der Waals surface area contributed by atoms with E-state index in [2.05, 4.69) is 9.97 Å².